The summed E-state index contributed by atoms with van der Waals surface area (Å²) >= 11 is 0. The minimum atomic E-state index is -0.379. The second-order valence-electron chi connectivity index (χ2n) is 6.18. The van der Waals surface area contributed by atoms with Gasteiger partial charge in [-0.2, -0.15) is 5.26 Å². The fourth-order valence-corrected chi connectivity index (χ4v) is 2.99. The van der Waals surface area contributed by atoms with Crippen LogP contribution in [0.4, 0.5) is 0 Å². The van der Waals surface area contributed by atoms with Gasteiger partial charge in [0.1, 0.15) is 0 Å². The number of benzene rings is 1. The quantitative estimate of drug-likeness (QED) is 0.854. The van der Waals surface area contributed by atoms with E-state index in [2.05, 4.69) is 13.0 Å². The molecule has 0 bridgehead atoms. The van der Waals surface area contributed by atoms with E-state index in [1.54, 1.807) is 12.1 Å². The molecular weight excluding hydrogens is 294 g/mol. The molecule has 1 aromatic carbocycles. The average Bonchev–Trinajstić information content (AvgIpc) is 2.63. The molecule has 23 heavy (non-hydrogen) atoms. The average molecular weight is 317 g/mol. The minimum Gasteiger partial charge on any atom is -0.352 e. The predicted molar refractivity (Wildman–Crippen MR) is 83.4 cm³/mol. The summed E-state index contributed by atoms with van der Waals surface area (Å²) in [5, 5.41) is 8.83. The monoisotopic (exact) mass is 317 g/mol. The van der Waals surface area contributed by atoms with E-state index >= 15 is 0 Å². The van der Waals surface area contributed by atoms with Crippen molar-refractivity contribution in [3.8, 4) is 6.07 Å². The largest absolute Gasteiger partial charge is 0.352 e. The van der Waals surface area contributed by atoms with Crippen LogP contribution < -0.4 is 0 Å². The van der Waals surface area contributed by atoms with Gasteiger partial charge in [-0.15, -0.1) is 0 Å². The summed E-state index contributed by atoms with van der Waals surface area (Å²) < 4.78 is 23.3. The van der Waals surface area contributed by atoms with Gasteiger partial charge < -0.3 is 18.9 Å². The molecule has 0 atom stereocenters. The van der Waals surface area contributed by atoms with Gasteiger partial charge in [0.05, 0.1) is 44.0 Å². The molecule has 1 aromatic rings. The fraction of sp³-hybridized carbons (Fsp3) is 0.611. The molecular formula is C18H23NO4. The second kappa shape index (κ2) is 7.89. The summed E-state index contributed by atoms with van der Waals surface area (Å²) in [7, 11) is 0. The van der Waals surface area contributed by atoms with Gasteiger partial charge >= 0.3 is 0 Å². The van der Waals surface area contributed by atoms with Crippen LogP contribution in [-0.4, -0.2) is 32.7 Å². The van der Waals surface area contributed by atoms with Crippen molar-refractivity contribution < 1.29 is 18.9 Å². The molecule has 3 rings (SSSR count). The van der Waals surface area contributed by atoms with Gasteiger partial charge in [-0.05, 0) is 18.6 Å². The number of rotatable bonds is 4. The van der Waals surface area contributed by atoms with Gasteiger partial charge in [-0.3, -0.25) is 0 Å². The summed E-state index contributed by atoms with van der Waals surface area (Å²) in [6.07, 6.45) is 1.69. The van der Waals surface area contributed by atoms with E-state index in [-0.39, 0.29) is 18.5 Å². The van der Waals surface area contributed by atoms with Crippen LogP contribution >= 0.6 is 0 Å². The normalized spacial score (nSPS) is 31.5. The summed E-state index contributed by atoms with van der Waals surface area (Å²) in [5.41, 5.74) is 1.56. The first-order valence-electron chi connectivity index (χ1n) is 8.26. The smallest absolute Gasteiger partial charge is 0.183 e. The lowest BCUT2D eigenvalue weighted by molar-refractivity contribution is -0.283. The number of ether oxygens (including phenoxy) is 4. The third-order valence-electron chi connectivity index (χ3n) is 4.31. The summed E-state index contributed by atoms with van der Waals surface area (Å²) in [6.45, 7) is 4.79. The third-order valence-corrected chi connectivity index (χ3v) is 4.31. The highest BCUT2D eigenvalue weighted by molar-refractivity contribution is 5.32. The van der Waals surface area contributed by atoms with Crippen LogP contribution in [0.5, 0.6) is 0 Å². The summed E-state index contributed by atoms with van der Waals surface area (Å²) in [6, 6.07) is 9.39. The molecule has 2 saturated heterocycles. The Bertz CT molecular complexity index is 523. The Hall–Kier alpha value is -1.45. The lowest BCUT2D eigenvalue weighted by Crippen LogP contribution is -2.43. The van der Waals surface area contributed by atoms with Crippen LogP contribution in [-0.2, 0) is 18.9 Å². The molecule has 0 aliphatic carbocycles. The van der Waals surface area contributed by atoms with E-state index in [0.717, 1.165) is 31.6 Å². The van der Waals surface area contributed by atoms with Crippen molar-refractivity contribution >= 4 is 0 Å². The molecule has 0 aromatic heterocycles. The van der Waals surface area contributed by atoms with Crippen LogP contribution in [0.3, 0.4) is 0 Å². The van der Waals surface area contributed by atoms with E-state index < -0.39 is 0 Å². The van der Waals surface area contributed by atoms with E-state index in [1.165, 1.54) is 0 Å². The Labute approximate surface area is 137 Å². The molecule has 0 unspecified atom stereocenters. The lowest BCUT2D eigenvalue weighted by atomic mass is 10.0. The van der Waals surface area contributed by atoms with Crippen LogP contribution in [0.2, 0.25) is 0 Å². The van der Waals surface area contributed by atoms with Gasteiger partial charge in [0.2, 0.25) is 0 Å². The zero-order valence-corrected chi connectivity index (χ0v) is 13.4. The summed E-state index contributed by atoms with van der Waals surface area (Å²) in [4.78, 5) is 0. The van der Waals surface area contributed by atoms with Crippen molar-refractivity contribution in [2.45, 2.75) is 32.3 Å². The molecule has 0 amide bonds. The van der Waals surface area contributed by atoms with Gasteiger partial charge in [-0.25, -0.2) is 0 Å². The predicted octanol–water partition coefficient (Wildman–Crippen LogP) is 3.01. The standard InChI is InChI=1S/C18H23NO4/c1-2-3-14-9-20-18(21-10-14)16-11-22-17(23-12-16)15-6-4-13(8-19)5-7-15/h4-7,14,16-18H,2-3,9-12H2,1H3/t14-,16-,17-,18-. The maximum Gasteiger partial charge on any atom is 0.183 e. The van der Waals surface area contributed by atoms with Gasteiger partial charge in [0, 0.05) is 11.5 Å². The van der Waals surface area contributed by atoms with Gasteiger partial charge in [-0.1, -0.05) is 25.5 Å². The van der Waals surface area contributed by atoms with Crippen molar-refractivity contribution in [3.63, 3.8) is 0 Å². The highest BCUT2D eigenvalue weighted by Gasteiger charge is 2.33. The molecule has 5 heteroatoms. The minimum absolute atomic E-state index is 0.104. The fourth-order valence-electron chi connectivity index (χ4n) is 2.99. The molecule has 2 aliphatic heterocycles. The molecule has 0 radical (unpaired) electrons. The highest BCUT2D eigenvalue weighted by atomic mass is 16.7. The van der Waals surface area contributed by atoms with Crippen molar-refractivity contribution in [1.29, 1.82) is 5.26 Å². The molecule has 0 N–H and O–H groups in total. The Morgan fingerprint density at radius 2 is 1.65 bits per heavy atom. The van der Waals surface area contributed by atoms with Crippen LogP contribution in [0.25, 0.3) is 0 Å². The first-order chi connectivity index (χ1) is 11.3. The topological polar surface area (TPSA) is 60.7 Å². The SMILES string of the molecule is CCC[C@H]1CO[C@H]([C@H]2CO[C@H](c3ccc(C#N)cc3)OC2)OC1. The molecule has 2 aliphatic rings. The number of nitrogens with zero attached hydrogens (tertiary/aromatic N) is 1. The lowest BCUT2D eigenvalue weighted by Gasteiger charge is -2.37. The molecule has 2 heterocycles. The molecule has 0 saturated carbocycles. The van der Waals surface area contributed by atoms with Gasteiger partial charge in [0.25, 0.3) is 0 Å². The van der Waals surface area contributed by atoms with E-state index in [0.29, 0.717) is 24.7 Å². The Morgan fingerprint density at radius 1 is 1.00 bits per heavy atom. The van der Waals surface area contributed by atoms with Crippen LogP contribution in [0.15, 0.2) is 24.3 Å². The van der Waals surface area contributed by atoms with E-state index in [9.17, 15) is 0 Å². The summed E-state index contributed by atoms with van der Waals surface area (Å²) in [5.74, 6) is 0.611. The highest BCUT2D eigenvalue weighted by Crippen LogP contribution is 2.29. The first kappa shape index (κ1) is 16.4. The Kier molecular flexibility index (Phi) is 5.63. The number of nitriles is 1. The zero-order chi connectivity index (χ0) is 16.1. The van der Waals surface area contributed by atoms with Crippen molar-refractivity contribution in [2.24, 2.45) is 11.8 Å². The van der Waals surface area contributed by atoms with Crippen molar-refractivity contribution in [1.82, 2.24) is 0 Å². The zero-order valence-electron chi connectivity index (χ0n) is 13.4. The van der Waals surface area contributed by atoms with E-state index in [4.69, 9.17) is 24.2 Å². The number of hydrogen-bond donors (Lipinski definition) is 0. The Balaban J connectivity index is 1.48. The van der Waals surface area contributed by atoms with Crippen molar-refractivity contribution in [2.75, 3.05) is 26.4 Å². The Morgan fingerprint density at radius 3 is 2.22 bits per heavy atom. The molecule has 124 valence electrons. The first-order valence-corrected chi connectivity index (χ1v) is 8.26. The second-order valence-corrected chi connectivity index (χ2v) is 6.18. The molecule has 5 nitrogen and oxygen atoms in total. The number of hydrogen-bond acceptors (Lipinski definition) is 5. The molecule has 2 fully saturated rings. The molecule has 0 spiro atoms. The van der Waals surface area contributed by atoms with Crippen molar-refractivity contribution in [3.05, 3.63) is 35.4 Å². The van der Waals surface area contributed by atoms with Crippen LogP contribution in [0, 0.1) is 23.2 Å². The third kappa shape index (κ3) is 4.10. The van der Waals surface area contributed by atoms with Gasteiger partial charge in [0.15, 0.2) is 12.6 Å². The van der Waals surface area contributed by atoms with Crippen LogP contribution in [0.1, 0.15) is 37.2 Å². The van der Waals surface area contributed by atoms with E-state index in [1.807, 2.05) is 12.1 Å². The maximum absolute atomic E-state index is 8.83. The maximum atomic E-state index is 8.83.